The Morgan fingerprint density at radius 2 is 1.61 bits per heavy atom. The van der Waals surface area contributed by atoms with E-state index in [1.54, 1.807) is 24.3 Å². The van der Waals surface area contributed by atoms with Gasteiger partial charge >= 0.3 is 6.16 Å². The van der Waals surface area contributed by atoms with Crippen molar-refractivity contribution < 1.29 is 23.9 Å². The number of hydrogen-bond acceptors (Lipinski definition) is 6. The highest BCUT2D eigenvalue weighted by Gasteiger charge is 2.29. The van der Waals surface area contributed by atoms with E-state index in [1.807, 2.05) is 48.5 Å². The number of ether oxygens (including phenoxy) is 2. The lowest BCUT2D eigenvalue weighted by atomic mass is 9.81. The Bertz CT molecular complexity index is 1370. The maximum absolute atomic E-state index is 13.5. The highest BCUT2D eigenvalue weighted by atomic mass is 79.9. The summed E-state index contributed by atoms with van der Waals surface area (Å²) >= 11 is 3.43. The van der Waals surface area contributed by atoms with E-state index in [0.29, 0.717) is 23.9 Å². The zero-order valence-corrected chi connectivity index (χ0v) is 26.8. The lowest BCUT2D eigenvalue weighted by Crippen LogP contribution is -2.48. The van der Waals surface area contributed by atoms with Crippen LogP contribution in [0.3, 0.4) is 0 Å². The second kappa shape index (κ2) is 17.0. The van der Waals surface area contributed by atoms with Gasteiger partial charge in [-0.25, -0.2) is 4.79 Å². The van der Waals surface area contributed by atoms with Gasteiger partial charge in [0.1, 0.15) is 18.4 Å². The molecule has 8 nitrogen and oxygen atoms in total. The maximum atomic E-state index is 13.5. The number of aryl methyl sites for hydroxylation is 1. The number of benzene rings is 3. The lowest BCUT2D eigenvalue weighted by Gasteiger charge is -2.28. The Morgan fingerprint density at radius 1 is 0.932 bits per heavy atom. The number of nitrogens with one attached hydrogen (secondary N) is 2. The number of anilines is 1. The predicted octanol–water partition coefficient (Wildman–Crippen LogP) is 6.94. The molecule has 0 aromatic heterocycles. The third-order valence-corrected chi connectivity index (χ3v) is 8.87. The number of carbonyl (C=O) groups excluding carboxylic acids is 3. The van der Waals surface area contributed by atoms with Crippen molar-refractivity contribution in [2.24, 2.45) is 17.6 Å². The van der Waals surface area contributed by atoms with Gasteiger partial charge in [0.05, 0.1) is 0 Å². The number of nitrogens with two attached hydrogens (primary N) is 1. The third kappa shape index (κ3) is 10.2. The van der Waals surface area contributed by atoms with Gasteiger partial charge in [-0.1, -0.05) is 71.7 Å². The molecule has 0 radical (unpaired) electrons. The molecule has 234 valence electrons. The van der Waals surface area contributed by atoms with Gasteiger partial charge in [-0.2, -0.15) is 0 Å². The molecule has 4 N–H and O–H groups in total. The SMILES string of the molecule is CCCCc1ccc(NC(=O)[C@H](Cc2ccc(OC(=O)OCc3ccccc3Br)cc2)NC(=O)C2CCC(CN)CC2)cc1. The number of rotatable bonds is 13. The molecule has 1 atom stereocenters. The second-order valence-corrected chi connectivity index (χ2v) is 12.2. The molecule has 1 aliphatic carbocycles. The van der Waals surface area contributed by atoms with Crippen molar-refractivity contribution in [1.29, 1.82) is 0 Å². The van der Waals surface area contributed by atoms with E-state index in [4.69, 9.17) is 15.2 Å². The molecule has 0 unspecified atom stereocenters. The van der Waals surface area contributed by atoms with Crippen molar-refractivity contribution in [2.75, 3.05) is 11.9 Å². The third-order valence-electron chi connectivity index (χ3n) is 8.09. The largest absolute Gasteiger partial charge is 0.514 e. The Morgan fingerprint density at radius 3 is 2.27 bits per heavy atom. The summed E-state index contributed by atoms with van der Waals surface area (Å²) in [6.07, 6.45) is 6.07. The number of amides is 2. The summed E-state index contributed by atoms with van der Waals surface area (Å²) in [4.78, 5) is 39.0. The molecule has 4 rings (SSSR count). The van der Waals surface area contributed by atoms with E-state index < -0.39 is 12.2 Å². The zero-order chi connectivity index (χ0) is 31.3. The van der Waals surface area contributed by atoms with Gasteiger partial charge in [0.25, 0.3) is 0 Å². The first-order valence-electron chi connectivity index (χ1n) is 15.4. The summed E-state index contributed by atoms with van der Waals surface area (Å²) in [6, 6.07) is 21.4. The minimum Gasteiger partial charge on any atom is -0.429 e. The van der Waals surface area contributed by atoms with E-state index in [1.165, 1.54) is 5.56 Å². The average molecular weight is 665 g/mol. The van der Waals surface area contributed by atoms with Gasteiger partial charge < -0.3 is 25.8 Å². The first kappa shape index (κ1) is 33.2. The normalized spacial score (nSPS) is 16.9. The van der Waals surface area contributed by atoms with Crippen molar-refractivity contribution in [3.8, 4) is 5.75 Å². The van der Waals surface area contributed by atoms with Crippen molar-refractivity contribution in [3.63, 3.8) is 0 Å². The predicted molar refractivity (Wildman–Crippen MR) is 175 cm³/mol. The van der Waals surface area contributed by atoms with E-state index in [2.05, 4.69) is 33.5 Å². The van der Waals surface area contributed by atoms with Gasteiger partial charge in [-0.05, 0) is 92.4 Å². The van der Waals surface area contributed by atoms with Gasteiger partial charge in [0, 0.05) is 28.1 Å². The average Bonchev–Trinajstić information content (AvgIpc) is 3.04. The van der Waals surface area contributed by atoms with E-state index in [0.717, 1.165) is 60.5 Å². The molecule has 2 amide bonds. The first-order chi connectivity index (χ1) is 21.3. The Balaban J connectivity index is 1.38. The molecule has 3 aromatic carbocycles. The number of hydrogen-bond donors (Lipinski definition) is 3. The molecule has 1 fully saturated rings. The number of halogens is 1. The summed E-state index contributed by atoms with van der Waals surface area (Å²) < 4.78 is 11.4. The van der Waals surface area contributed by atoms with Crippen LogP contribution >= 0.6 is 15.9 Å². The summed E-state index contributed by atoms with van der Waals surface area (Å²) in [7, 11) is 0. The van der Waals surface area contributed by atoms with Crippen LogP contribution in [0.2, 0.25) is 0 Å². The fraction of sp³-hybridized carbons (Fsp3) is 0.400. The van der Waals surface area contributed by atoms with Crippen LogP contribution in [0.1, 0.15) is 62.1 Å². The number of carbonyl (C=O) groups is 3. The highest BCUT2D eigenvalue weighted by molar-refractivity contribution is 9.10. The molecule has 1 aliphatic rings. The molecular weight excluding hydrogens is 622 g/mol. The van der Waals surface area contributed by atoms with Crippen LogP contribution in [0.15, 0.2) is 77.3 Å². The Hall–Kier alpha value is -3.69. The van der Waals surface area contributed by atoms with Crippen molar-refractivity contribution >= 4 is 39.6 Å². The lowest BCUT2D eigenvalue weighted by molar-refractivity contribution is -0.130. The minimum atomic E-state index is -0.817. The maximum Gasteiger partial charge on any atom is 0.514 e. The molecule has 0 aliphatic heterocycles. The van der Waals surface area contributed by atoms with Gasteiger partial charge in [-0.15, -0.1) is 0 Å². The van der Waals surface area contributed by atoms with Crippen molar-refractivity contribution in [3.05, 3.63) is 94.0 Å². The molecule has 0 saturated heterocycles. The monoisotopic (exact) mass is 663 g/mol. The molecule has 44 heavy (non-hydrogen) atoms. The second-order valence-electron chi connectivity index (χ2n) is 11.4. The van der Waals surface area contributed by atoms with Crippen molar-refractivity contribution in [1.82, 2.24) is 5.32 Å². The molecule has 0 heterocycles. The van der Waals surface area contributed by atoms with Crippen LogP contribution in [0.5, 0.6) is 5.75 Å². The molecule has 3 aromatic rings. The summed E-state index contributed by atoms with van der Waals surface area (Å²) in [5, 5.41) is 6.00. The zero-order valence-electron chi connectivity index (χ0n) is 25.2. The fourth-order valence-electron chi connectivity index (χ4n) is 5.33. The number of unbranched alkanes of at least 4 members (excludes halogenated alkanes) is 1. The molecule has 0 spiro atoms. The topological polar surface area (TPSA) is 120 Å². The van der Waals surface area contributed by atoms with Crippen LogP contribution in [-0.2, 0) is 33.8 Å². The summed E-state index contributed by atoms with van der Waals surface area (Å²) in [5.41, 5.74) is 9.37. The van der Waals surface area contributed by atoms with Gasteiger partial charge in [0.2, 0.25) is 11.8 Å². The molecule has 1 saturated carbocycles. The first-order valence-corrected chi connectivity index (χ1v) is 16.2. The fourth-order valence-corrected chi connectivity index (χ4v) is 5.73. The standard InChI is InChI=1S/C35H42BrN3O5/c1-2-3-6-24-11-17-29(18-12-24)38-34(41)32(39-33(40)27-15-9-26(22-37)10-16-27)21-25-13-19-30(20-14-25)44-35(42)43-23-28-7-4-5-8-31(28)36/h4-5,7-8,11-14,17-20,26-27,32H,2-3,6,9-10,15-16,21-23,37H2,1H3,(H,38,41)(H,39,40)/t26?,27?,32-/m0/s1. The quantitative estimate of drug-likeness (QED) is 0.135. The Kier molecular flexibility index (Phi) is 12.8. The van der Waals surface area contributed by atoms with Gasteiger partial charge in [-0.3, -0.25) is 9.59 Å². The van der Waals surface area contributed by atoms with Crippen LogP contribution in [-0.4, -0.2) is 30.6 Å². The molecule has 0 bridgehead atoms. The minimum absolute atomic E-state index is 0.0736. The smallest absolute Gasteiger partial charge is 0.429 e. The van der Waals surface area contributed by atoms with Crippen LogP contribution in [0.4, 0.5) is 10.5 Å². The summed E-state index contributed by atoms with van der Waals surface area (Å²) in [5.74, 6) is 0.242. The van der Waals surface area contributed by atoms with Crippen molar-refractivity contribution in [2.45, 2.75) is 70.9 Å². The van der Waals surface area contributed by atoms with E-state index >= 15 is 0 Å². The molecular formula is C35H42BrN3O5. The van der Waals surface area contributed by atoms with E-state index in [-0.39, 0.29) is 30.8 Å². The Labute approximate surface area is 268 Å². The van der Waals surface area contributed by atoms with Crippen LogP contribution < -0.4 is 21.1 Å². The highest BCUT2D eigenvalue weighted by Crippen LogP contribution is 2.28. The summed E-state index contributed by atoms with van der Waals surface area (Å²) in [6.45, 7) is 2.87. The molecule has 9 heteroatoms. The van der Waals surface area contributed by atoms with Crippen LogP contribution in [0, 0.1) is 11.8 Å². The van der Waals surface area contributed by atoms with Gasteiger partial charge in [0.15, 0.2) is 0 Å². The van der Waals surface area contributed by atoms with Crippen LogP contribution in [0.25, 0.3) is 0 Å². The van der Waals surface area contributed by atoms with E-state index in [9.17, 15) is 14.4 Å².